The van der Waals surface area contributed by atoms with E-state index in [1.54, 1.807) is 0 Å². The Bertz CT molecular complexity index is 1120. The first-order valence-corrected chi connectivity index (χ1v) is 13.1. The van der Waals surface area contributed by atoms with E-state index >= 15 is 0 Å². The fraction of sp³-hybridized carbons (Fsp3) is 0.500. The Morgan fingerprint density at radius 3 is 2.41 bits per heavy atom. The van der Waals surface area contributed by atoms with E-state index in [1.807, 2.05) is 36.7 Å². The van der Waals surface area contributed by atoms with E-state index in [9.17, 15) is 4.79 Å². The minimum Gasteiger partial charge on any atom is -0.343 e. The van der Waals surface area contributed by atoms with Gasteiger partial charge >= 0.3 is 0 Å². The monoisotopic (exact) mass is 478 g/mol. The topological polar surface area (TPSA) is 41.4 Å². The fourth-order valence-electron chi connectivity index (χ4n) is 5.73. The normalized spacial score (nSPS) is 18.8. The molecule has 1 amide bonds. The first kappa shape index (κ1) is 23.4. The molecule has 3 aromatic rings. The van der Waals surface area contributed by atoms with E-state index in [2.05, 4.69) is 45.5 Å². The van der Waals surface area contributed by atoms with Gasteiger partial charge in [-0.05, 0) is 100 Å². The summed E-state index contributed by atoms with van der Waals surface area (Å²) < 4.78 is 2.22. The van der Waals surface area contributed by atoms with Crippen LogP contribution < -0.4 is 0 Å². The molecule has 2 aliphatic rings. The van der Waals surface area contributed by atoms with Gasteiger partial charge in [0, 0.05) is 54.0 Å². The molecular formula is C28H35ClN4O. The molecule has 5 rings (SSSR count). The van der Waals surface area contributed by atoms with Gasteiger partial charge in [0.15, 0.2) is 0 Å². The van der Waals surface area contributed by atoms with Crippen molar-refractivity contribution in [2.75, 3.05) is 26.2 Å². The Labute approximate surface area is 207 Å². The van der Waals surface area contributed by atoms with Gasteiger partial charge in [0.05, 0.1) is 11.7 Å². The number of hydrogen-bond donors (Lipinski definition) is 0. The average Bonchev–Trinajstić information content (AvgIpc) is 3.25. The number of likely N-dealkylation sites (tertiary alicyclic amines) is 2. The van der Waals surface area contributed by atoms with Gasteiger partial charge in [-0.3, -0.25) is 9.78 Å². The number of fused-ring (bicyclic) bond motifs is 1. The van der Waals surface area contributed by atoms with Gasteiger partial charge in [-0.15, -0.1) is 0 Å². The van der Waals surface area contributed by atoms with Crippen LogP contribution in [0.25, 0.3) is 16.6 Å². The highest BCUT2D eigenvalue weighted by molar-refractivity contribution is 6.30. The molecule has 6 heteroatoms. The fourth-order valence-corrected chi connectivity index (χ4v) is 5.86. The van der Waals surface area contributed by atoms with Crippen molar-refractivity contribution in [3.63, 3.8) is 0 Å². The van der Waals surface area contributed by atoms with Gasteiger partial charge in [0.25, 0.3) is 0 Å². The molecule has 34 heavy (non-hydrogen) atoms. The number of amides is 1. The summed E-state index contributed by atoms with van der Waals surface area (Å²) in [5, 5.41) is 1.99. The molecule has 4 heterocycles. The largest absolute Gasteiger partial charge is 0.343 e. The molecular weight excluding hydrogens is 444 g/mol. The van der Waals surface area contributed by atoms with E-state index in [0.717, 1.165) is 74.5 Å². The molecule has 5 nitrogen and oxygen atoms in total. The molecule has 0 bridgehead atoms. The summed E-state index contributed by atoms with van der Waals surface area (Å²) in [6.45, 7) is 8.49. The number of pyridine rings is 1. The maximum absolute atomic E-state index is 13.0. The zero-order chi connectivity index (χ0) is 23.7. The van der Waals surface area contributed by atoms with E-state index in [-0.39, 0.29) is 0 Å². The van der Waals surface area contributed by atoms with E-state index in [4.69, 9.17) is 11.6 Å². The number of carbonyl (C=O) groups excluding carboxylic acids is 1. The Morgan fingerprint density at radius 2 is 1.74 bits per heavy atom. The van der Waals surface area contributed by atoms with Crippen LogP contribution in [0.4, 0.5) is 0 Å². The van der Waals surface area contributed by atoms with Crippen molar-refractivity contribution < 1.29 is 4.79 Å². The van der Waals surface area contributed by atoms with Crippen LogP contribution in [0.5, 0.6) is 0 Å². The van der Waals surface area contributed by atoms with Crippen molar-refractivity contribution >= 4 is 28.4 Å². The first-order chi connectivity index (χ1) is 16.5. The summed E-state index contributed by atoms with van der Waals surface area (Å²) in [6.07, 6.45) is 11.1. The Balaban J connectivity index is 1.24. The molecule has 2 saturated heterocycles. The van der Waals surface area contributed by atoms with Gasteiger partial charge in [-0.2, -0.15) is 0 Å². The maximum Gasteiger partial charge on any atom is 0.222 e. The molecule has 1 aromatic carbocycles. The van der Waals surface area contributed by atoms with E-state index < -0.39 is 0 Å². The van der Waals surface area contributed by atoms with Crippen molar-refractivity contribution in [2.24, 2.45) is 5.92 Å². The van der Waals surface area contributed by atoms with Crippen molar-refractivity contribution in [3.8, 4) is 5.69 Å². The summed E-state index contributed by atoms with van der Waals surface area (Å²) >= 11 is 6.11. The molecule has 2 fully saturated rings. The van der Waals surface area contributed by atoms with E-state index in [1.165, 1.54) is 10.9 Å². The molecule has 0 aliphatic carbocycles. The molecule has 0 unspecified atom stereocenters. The Kier molecular flexibility index (Phi) is 6.94. The third-order valence-corrected chi connectivity index (χ3v) is 8.13. The summed E-state index contributed by atoms with van der Waals surface area (Å²) in [5.74, 6) is 1.36. The number of carbonyl (C=O) groups is 1. The van der Waals surface area contributed by atoms with Crippen LogP contribution in [0, 0.1) is 5.92 Å². The maximum atomic E-state index is 13.0. The van der Waals surface area contributed by atoms with Crippen LogP contribution in [-0.2, 0) is 4.79 Å². The lowest BCUT2D eigenvalue weighted by molar-refractivity contribution is -0.133. The lowest BCUT2D eigenvalue weighted by Crippen LogP contribution is -2.42. The third-order valence-electron chi connectivity index (χ3n) is 7.87. The lowest BCUT2D eigenvalue weighted by Gasteiger charge is -2.36. The predicted octanol–water partition coefficient (Wildman–Crippen LogP) is 5.90. The van der Waals surface area contributed by atoms with Crippen molar-refractivity contribution in [1.29, 1.82) is 0 Å². The highest BCUT2D eigenvalue weighted by Crippen LogP contribution is 2.36. The first-order valence-electron chi connectivity index (χ1n) is 12.7. The number of piperidine rings is 2. The zero-order valence-electron chi connectivity index (χ0n) is 20.3. The number of hydrogen-bond acceptors (Lipinski definition) is 3. The van der Waals surface area contributed by atoms with Gasteiger partial charge in [0.1, 0.15) is 0 Å². The summed E-state index contributed by atoms with van der Waals surface area (Å²) in [5.41, 5.74) is 3.57. The molecule has 0 saturated carbocycles. The van der Waals surface area contributed by atoms with Gasteiger partial charge in [0.2, 0.25) is 5.91 Å². The number of nitrogens with zero attached hydrogens (tertiary/aromatic N) is 4. The number of halogens is 1. The minimum absolute atomic E-state index is 0.356. The molecule has 0 atom stereocenters. The quantitative estimate of drug-likeness (QED) is 0.458. The molecule has 180 valence electrons. The third kappa shape index (κ3) is 4.87. The van der Waals surface area contributed by atoms with Crippen molar-refractivity contribution in [2.45, 2.75) is 57.9 Å². The summed E-state index contributed by atoms with van der Waals surface area (Å²) in [6, 6.07) is 10.7. The summed E-state index contributed by atoms with van der Waals surface area (Å²) in [4.78, 5) is 22.1. The van der Waals surface area contributed by atoms with Crippen LogP contribution >= 0.6 is 11.6 Å². The zero-order valence-corrected chi connectivity index (χ0v) is 21.0. The number of aromatic nitrogens is 2. The summed E-state index contributed by atoms with van der Waals surface area (Å²) in [7, 11) is 0. The van der Waals surface area contributed by atoms with Crippen molar-refractivity contribution in [3.05, 3.63) is 59.5 Å². The number of rotatable bonds is 5. The van der Waals surface area contributed by atoms with Gasteiger partial charge in [-0.1, -0.05) is 11.6 Å². The van der Waals surface area contributed by atoms with Crippen LogP contribution in [0.3, 0.4) is 0 Å². The second-order valence-corrected chi connectivity index (χ2v) is 10.7. The van der Waals surface area contributed by atoms with Crippen molar-refractivity contribution in [1.82, 2.24) is 19.4 Å². The average molecular weight is 479 g/mol. The van der Waals surface area contributed by atoms with Crippen LogP contribution in [0.1, 0.15) is 57.4 Å². The minimum atomic E-state index is 0.356. The molecule has 0 N–H and O–H groups in total. The molecule has 2 aliphatic heterocycles. The Morgan fingerprint density at radius 1 is 1.03 bits per heavy atom. The number of benzene rings is 1. The Hall–Kier alpha value is -2.37. The highest BCUT2D eigenvalue weighted by Gasteiger charge is 2.29. The lowest BCUT2D eigenvalue weighted by atomic mass is 9.88. The molecule has 2 aromatic heterocycles. The smallest absolute Gasteiger partial charge is 0.222 e. The van der Waals surface area contributed by atoms with E-state index in [0.29, 0.717) is 23.8 Å². The second-order valence-electron chi connectivity index (χ2n) is 10.3. The van der Waals surface area contributed by atoms with Crippen LogP contribution in [-0.4, -0.2) is 57.5 Å². The van der Waals surface area contributed by atoms with Crippen LogP contribution in [0.15, 0.2) is 48.9 Å². The SMILES string of the molecule is CC(C)N1CCC(CC(=O)N2CCC(c3cn(-c4ccc(Cl)cc4)c4cnccc34)CC2)CC1. The van der Waals surface area contributed by atoms with Gasteiger partial charge in [-0.25, -0.2) is 0 Å². The molecule has 0 radical (unpaired) electrons. The molecule has 0 spiro atoms. The van der Waals surface area contributed by atoms with Gasteiger partial charge < -0.3 is 14.4 Å². The standard InChI is InChI=1S/C28H35ClN4O/c1-20(2)31-13-8-21(9-14-31)17-28(34)32-15-10-22(11-16-32)26-19-33(24-5-3-23(29)4-6-24)27-18-30-12-7-25(26)27/h3-7,12,18-22H,8-11,13-17H2,1-2H3. The predicted molar refractivity (Wildman–Crippen MR) is 139 cm³/mol. The van der Waals surface area contributed by atoms with Crippen LogP contribution in [0.2, 0.25) is 5.02 Å². The second kappa shape index (κ2) is 10.1. The highest BCUT2D eigenvalue weighted by atomic mass is 35.5.